The Bertz CT molecular complexity index is 1080. The van der Waals surface area contributed by atoms with E-state index in [1.54, 1.807) is 53.3 Å². The van der Waals surface area contributed by atoms with Gasteiger partial charge in [0.15, 0.2) is 0 Å². The van der Waals surface area contributed by atoms with Gasteiger partial charge in [-0.05, 0) is 73.0 Å². The molecule has 0 aromatic carbocycles. The molecule has 1 unspecified atom stereocenters. The van der Waals surface area contributed by atoms with Gasteiger partial charge in [-0.3, -0.25) is 0 Å². The molecule has 48 heavy (non-hydrogen) atoms. The van der Waals surface area contributed by atoms with Gasteiger partial charge in [0, 0.05) is 16.6 Å². The molecule has 0 aromatic heterocycles. The van der Waals surface area contributed by atoms with Crippen molar-refractivity contribution in [2.45, 2.75) is 117 Å². The first kappa shape index (κ1) is 41.9. The van der Waals surface area contributed by atoms with E-state index >= 15 is 0 Å². The summed E-state index contributed by atoms with van der Waals surface area (Å²) in [4.78, 5) is 49.3. The third-order valence-corrected chi connectivity index (χ3v) is 8.53. The highest BCUT2D eigenvalue weighted by Crippen LogP contribution is 2.38. The number of amides is 2. The predicted molar refractivity (Wildman–Crippen MR) is 182 cm³/mol. The monoisotopic (exact) mass is 704 g/mol. The summed E-state index contributed by atoms with van der Waals surface area (Å²) in [5, 5.41) is 5.29. The number of thioether (sulfide) groups is 1. The van der Waals surface area contributed by atoms with Crippen LogP contribution >= 0.6 is 11.8 Å². The number of esters is 2. The van der Waals surface area contributed by atoms with Gasteiger partial charge < -0.3 is 43.8 Å². The molecule has 13 nitrogen and oxygen atoms in total. The van der Waals surface area contributed by atoms with Crippen LogP contribution in [0.25, 0.3) is 0 Å². The van der Waals surface area contributed by atoms with Gasteiger partial charge in [-0.25, -0.2) is 19.2 Å². The molecule has 0 radical (unpaired) electrons. The molecule has 0 heterocycles. The molecule has 2 amide bonds. The topological polar surface area (TPSA) is 157 Å². The molecule has 278 valence electrons. The van der Waals surface area contributed by atoms with Gasteiger partial charge in [0.05, 0.1) is 39.6 Å². The van der Waals surface area contributed by atoms with Crippen LogP contribution in [0.15, 0.2) is 0 Å². The molecule has 1 atom stereocenters. The van der Waals surface area contributed by atoms with Gasteiger partial charge in [0.1, 0.15) is 35.5 Å². The summed E-state index contributed by atoms with van der Waals surface area (Å²) >= 11 is 1.80. The van der Waals surface area contributed by atoms with Crippen molar-refractivity contribution in [3.05, 3.63) is 0 Å². The van der Waals surface area contributed by atoms with Crippen LogP contribution in [-0.4, -0.2) is 111 Å². The van der Waals surface area contributed by atoms with Gasteiger partial charge in [-0.1, -0.05) is 27.7 Å². The largest absolute Gasteiger partial charge is 0.461 e. The molecule has 0 aliphatic heterocycles. The van der Waals surface area contributed by atoms with Crippen LogP contribution in [0, 0.1) is 10.8 Å². The number of hydrogen-bond donors (Lipinski definition) is 2. The van der Waals surface area contributed by atoms with E-state index in [2.05, 4.69) is 24.5 Å². The highest BCUT2D eigenvalue weighted by Gasteiger charge is 2.54. The SMILES string of the molecule is CCSCC(C)(COCCOC(=O)C1(NC(=O)OC(C)(C)C)CC1)COCC(C)(C)COCCOC(=O)C1(NC(=O)OC(C)(C)C)CC1. The molecule has 2 saturated carbocycles. The van der Waals surface area contributed by atoms with E-state index in [4.69, 9.17) is 33.2 Å². The van der Waals surface area contributed by atoms with Crippen molar-refractivity contribution in [2.75, 3.05) is 64.4 Å². The lowest BCUT2D eigenvalue weighted by atomic mass is 9.94. The molecule has 2 N–H and O–H groups in total. The van der Waals surface area contributed by atoms with Crippen molar-refractivity contribution in [1.29, 1.82) is 0 Å². The molecule has 2 rings (SSSR count). The number of hydrogen-bond acceptors (Lipinski definition) is 12. The standard InChI is InChI=1S/C34H60N2O11S/c1-11-48-24-32(10,22-42-17-19-45-26(38)34(14-15-34)36-28(40)47-30(5,6)7)23-43-21-31(8,9)20-41-16-18-44-25(37)33(12-13-33)35-27(39)46-29(2,3)4/h11-24H2,1-10H3,(H,35,39)(H,36,40). The third-order valence-electron chi connectivity index (χ3n) is 7.22. The van der Waals surface area contributed by atoms with Crippen molar-refractivity contribution in [3.63, 3.8) is 0 Å². The summed E-state index contributed by atoms with van der Waals surface area (Å²) in [6.45, 7) is 21.2. The summed E-state index contributed by atoms with van der Waals surface area (Å²) in [7, 11) is 0. The highest BCUT2D eigenvalue weighted by atomic mass is 32.2. The van der Waals surface area contributed by atoms with E-state index in [9.17, 15) is 19.2 Å². The maximum Gasteiger partial charge on any atom is 0.408 e. The molecule has 0 spiro atoms. The molecular weight excluding hydrogens is 644 g/mol. The minimum atomic E-state index is -1.01. The van der Waals surface area contributed by atoms with Crippen molar-refractivity contribution in [3.8, 4) is 0 Å². The van der Waals surface area contributed by atoms with Crippen LogP contribution in [0.1, 0.15) is 94.9 Å². The van der Waals surface area contributed by atoms with Gasteiger partial charge >= 0.3 is 24.1 Å². The second-order valence-corrected chi connectivity index (χ2v) is 17.2. The third kappa shape index (κ3) is 15.9. The van der Waals surface area contributed by atoms with Crippen molar-refractivity contribution in [2.24, 2.45) is 10.8 Å². The van der Waals surface area contributed by atoms with Crippen LogP contribution < -0.4 is 10.6 Å². The Labute approximate surface area is 290 Å². The van der Waals surface area contributed by atoms with Crippen molar-refractivity contribution in [1.82, 2.24) is 10.6 Å². The first-order valence-electron chi connectivity index (χ1n) is 16.8. The Morgan fingerprint density at radius 2 is 1.00 bits per heavy atom. The normalized spacial score (nSPS) is 17.8. The van der Waals surface area contributed by atoms with Gasteiger partial charge in [-0.2, -0.15) is 11.8 Å². The quantitative estimate of drug-likeness (QED) is 0.0936. The first-order valence-corrected chi connectivity index (χ1v) is 18.0. The second kappa shape index (κ2) is 17.6. The molecule has 14 heteroatoms. The van der Waals surface area contributed by atoms with Crippen molar-refractivity contribution < 1.29 is 52.3 Å². The van der Waals surface area contributed by atoms with Crippen LogP contribution in [0.5, 0.6) is 0 Å². The Morgan fingerprint density at radius 1 is 0.604 bits per heavy atom. The van der Waals surface area contributed by atoms with E-state index in [-0.39, 0.29) is 37.3 Å². The molecule has 0 aromatic rings. The number of alkyl carbamates (subject to hydrolysis) is 2. The number of rotatable bonds is 21. The minimum Gasteiger partial charge on any atom is -0.461 e. The molecule has 2 aliphatic carbocycles. The molecule has 0 bridgehead atoms. The molecule has 2 aliphatic rings. The molecule has 0 saturated heterocycles. The Kier molecular flexibility index (Phi) is 15.3. The zero-order valence-corrected chi connectivity index (χ0v) is 31.6. The predicted octanol–water partition coefficient (Wildman–Crippen LogP) is 5.02. The molecular formula is C34H60N2O11S. The maximum absolute atomic E-state index is 12.6. The van der Waals surface area contributed by atoms with Crippen LogP contribution in [0.4, 0.5) is 9.59 Å². The Balaban J connectivity index is 1.66. The summed E-state index contributed by atoms with van der Waals surface area (Å²) in [6, 6.07) is 0. The average Bonchev–Trinajstić information content (AvgIpc) is 3.87. The zero-order valence-electron chi connectivity index (χ0n) is 30.8. The summed E-state index contributed by atoms with van der Waals surface area (Å²) in [5.41, 5.74) is -3.89. The lowest BCUT2D eigenvalue weighted by molar-refractivity contribution is -0.150. The summed E-state index contributed by atoms with van der Waals surface area (Å²) in [5.74, 6) is 0.835. The fourth-order valence-electron chi connectivity index (χ4n) is 4.43. The van der Waals surface area contributed by atoms with Gasteiger partial charge in [0.25, 0.3) is 0 Å². The van der Waals surface area contributed by atoms with Gasteiger partial charge in [-0.15, -0.1) is 0 Å². The smallest absolute Gasteiger partial charge is 0.408 e. The van der Waals surface area contributed by atoms with Crippen LogP contribution in [0.2, 0.25) is 0 Å². The Morgan fingerprint density at radius 3 is 1.40 bits per heavy atom. The second-order valence-electron chi connectivity index (χ2n) is 15.9. The van der Waals surface area contributed by atoms with E-state index in [0.717, 1.165) is 11.5 Å². The minimum absolute atomic E-state index is 0.0771. The fraction of sp³-hybridized carbons (Fsp3) is 0.882. The van der Waals surface area contributed by atoms with Crippen LogP contribution in [-0.2, 0) is 42.7 Å². The van der Waals surface area contributed by atoms with E-state index in [1.807, 2.05) is 13.8 Å². The molecule has 2 fully saturated rings. The van der Waals surface area contributed by atoms with E-state index in [0.29, 0.717) is 52.1 Å². The van der Waals surface area contributed by atoms with Gasteiger partial charge in [0.2, 0.25) is 0 Å². The lowest BCUT2D eigenvalue weighted by Crippen LogP contribution is -2.46. The lowest BCUT2D eigenvalue weighted by Gasteiger charge is -2.31. The Hall–Kier alpha value is -2.29. The van der Waals surface area contributed by atoms with Crippen molar-refractivity contribution >= 4 is 35.9 Å². The first-order chi connectivity index (χ1) is 22.1. The average molecular weight is 705 g/mol. The van der Waals surface area contributed by atoms with E-state index in [1.165, 1.54) is 0 Å². The maximum atomic E-state index is 12.6. The number of carbonyl (C=O) groups is 4. The van der Waals surface area contributed by atoms with Crippen LogP contribution in [0.3, 0.4) is 0 Å². The zero-order chi connectivity index (χ0) is 36.3. The van der Waals surface area contributed by atoms with E-state index < -0.39 is 46.4 Å². The number of ether oxygens (including phenoxy) is 7. The fourth-order valence-corrected chi connectivity index (χ4v) is 5.29. The summed E-state index contributed by atoms with van der Waals surface area (Å²) < 4.78 is 39.1. The number of nitrogens with one attached hydrogen (secondary N) is 2. The highest BCUT2D eigenvalue weighted by molar-refractivity contribution is 7.99. The number of carbonyl (C=O) groups excluding carboxylic acids is 4. The summed E-state index contributed by atoms with van der Waals surface area (Å²) in [6.07, 6.45) is 0.788.